The molecule has 2 aliphatic carbocycles. The van der Waals surface area contributed by atoms with Crippen LogP contribution in [0.4, 0.5) is 5.69 Å². The van der Waals surface area contributed by atoms with E-state index in [2.05, 4.69) is 41.9 Å². The van der Waals surface area contributed by atoms with Gasteiger partial charge in [0, 0.05) is 49.4 Å². The number of ether oxygens (including phenoxy) is 1. The minimum Gasteiger partial charge on any atom is -0.461 e. The number of carbonyl (C=O) groups excluding carboxylic acids is 1. The SMILES string of the molecule is C[C@H]1CCC[C@]2(C)C[C@H]3OC(=O)[C@H](CN4CCN(c5ccc(Cl)cc5)CC4)[C@H]3C=C12. The summed E-state index contributed by atoms with van der Waals surface area (Å²) in [7, 11) is 0. The Morgan fingerprint density at radius 1 is 1.17 bits per heavy atom. The largest absolute Gasteiger partial charge is 0.461 e. The van der Waals surface area contributed by atoms with Crippen LogP contribution >= 0.6 is 11.6 Å². The molecular weight excluding hydrogens is 396 g/mol. The highest BCUT2D eigenvalue weighted by atomic mass is 35.5. The first kappa shape index (κ1) is 20.4. The van der Waals surface area contributed by atoms with E-state index in [1.54, 1.807) is 5.57 Å². The number of nitrogens with zero attached hydrogens (tertiary/aromatic N) is 2. The molecule has 1 saturated carbocycles. The molecule has 2 heterocycles. The second-order valence-corrected chi connectivity index (χ2v) is 10.5. The standard InChI is InChI=1S/C25H33ClN2O2/c1-17-4-3-9-25(2)15-23-20(14-22(17)25)21(24(29)30-23)16-27-10-12-28(13-11-27)19-7-5-18(26)6-8-19/h5-8,14,17,20-21,23H,3-4,9-13,15-16H2,1-2H3/t17-,20+,21+,23+,25+/m0/s1. The zero-order valence-electron chi connectivity index (χ0n) is 18.1. The lowest BCUT2D eigenvalue weighted by Crippen LogP contribution is -2.49. The average molecular weight is 429 g/mol. The van der Waals surface area contributed by atoms with E-state index in [0.717, 1.165) is 44.2 Å². The normalized spacial score (nSPS) is 36.7. The van der Waals surface area contributed by atoms with E-state index in [-0.39, 0.29) is 29.3 Å². The summed E-state index contributed by atoms with van der Waals surface area (Å²) >= 11 is 6.02. The number of hydrogen-bond donors (Lipinski definition) is 0. The predicted octanol–water partition coefficient (Wildman–Crippen LogP) is 4.78. The van der Waals surface area contributed by atoms with Crippen LogP contribution < -0.4 is 4.90 Å². The van der Waals surface area contributed by atoms with Crippen LogP contribution in [0.3, 0.4) is 0 Å². The van der Waals surface area contributed by atoms with Gasteiger partial charge >= 0.3 is 5.97 Å². The van der Waals surface area contributed by atoms with E-state index < -0.39 is 0 Å². The fourth-order valence-corrected chi connectivity index (χ4v) is 6.50. The minimum atomic E-state index is -0.0109. The van der Waals surface area contributed by atoms with Crippen molar-refractivity contribution in [3.05, 3.63) is 40.9 Å². The van der Waals surface area contributed by atoms with E-state index in [1.807, 2.05) is 12.1 Å². The molecule has 4 nitrogen and oxygen atoms in total. The highest BCUT2D eigenvalue weighted by molar-refractivity contribution is 6.30. The van der Waals surface area contributed by atoms with Crippen LogP contribution in [0.1, 0.15) is 39.5 Å². The molecule has 0 aromatic heterocycles. The van der Waals surface area contributed by atoms with Gasteiger partial charge in [-0.2, -0.15) is 0 Å². The van der Waals surface area contributed by atoms with Gasteiger partial charge in [0.1, 0.15) is 6.10 Å². The molecule has 1 aromatic rings. The maximum Gasteiger partial charge on any atom is 0.311 e. The lowest BCUT2D eigenvalue weighted by atomic mass is 9.59. The van der Waals surface area contributed by atoms with Crippen molar-refractivity contribution >= 4 is 23.3 Å². The molecule has 2 saturated heterocycles. The number of hydrogen-bond acceptors (Lipinski definition) is 4. The molecule has 4 aliphatic rings. The maximum absolute atomic E-state index is 12.8. The number of rotatable bonds is 3. The Morgan fingerprint density at radius 2 is 1.90 bits per heavy atom. The molecule has 162 valence electrons. The molecule has 2 aliphatic heterocycles. The summed E-state index contributed by atoms with van der Waals surface area (Å²) < 4.78 is 5.94. The first-order valence-corrected chi connectivity index (χ1v) is 12.0. The van der Waals surface area contributed by atoms with Crippen molar-refractivity contribution in [2.45, 2.75) is 45.6 Å². The summed E-state index contributed by atoms with van der Waals surface area (Å²) in [5, 5.41) is 0.775. The zero-order chi connectivity index (χ0) is 20.9. The monoisotopic (exact) mass is 428 g/mol. The van der Waals surface area contributed by atoms with Crippen molar-refractivity contribution in [1.82, 2.24) is 4.90 Å². The number of fused-ring (bicyclic) bond motifs is 2. The Hall–Kier alpha value is -1.52. The third kappa shape index (κ3) is 3.67. The van der Waals surface area contributed by atoms with Crippen molar-refractivity contribution in [1.29, 1.82) is 0 Å². The highest BCUT2D eigenvalue weighted by Gasteiger charge is 2.52. The van der Waals surface area contributed by atoms with E-state index >= 15 is 0 Å². The summed E-state index contributed by atoms with van der Waals surface area (Å²) in [4.78, 5) is 17.7. The summed E-state index contributed by atoms with van der Waals surface area (Å²) in [5.41, 5.74) is 3.06. The molecule has 0 unspecified atom stereocenters. The van der Waals surface area contributed by atoms with Crippen molar-refractivity contribution in [3.8, 4) is 0 Å². The van der Waals surface area contributed by atoms with Gasteiger partial charge in [-0.05, 0) is 54.9 Å². The van der Waals surface area contributed by atoms with E-state index in [9.17, 15) is 4.79 Å². The molecule has 30 heavy (non-hydrogen) atoms. The topological polar surface area (TPSA) is 32.8 Å². The van der Waals surface area contributed by atoms with Crippen LogP contribution in [0.2, 0.25) is 5.02 Å². The van der Waals surface area contributed by atoms with Crippen molar-refractivity contribution in [2.24, 2.45) is 23.2 Å². The number of anilines is 1. The molecule has 0 N–H and O–H groups in total. The quantitative estimate of drug-likeness (QED) is 0.512. The van der Waals surface area contributed by atoms with Crippen LogP contribution in [0.15, 0.2) is 35.9 Å². The highest BCUT2D eigenvalue weighted by Crippen LogP contribution is 2.54. The van der Waals surface area contributed by atoms with Crippen LogP contribution in [0.5, 0.6) is 0 Å². The first-order chi connectivity index (χ1) is 14.4. The summed E-state index contributed by atoms with van der Waals surface area (Å²) in [5.74, 6) is 0.916. The van der Waals surface area contributed by atoms with Gasteiger partial charge in [-0.3, -0.25) is 9.69 Å². The molecule has 0 bridgehead atoms. The Morgan fingerprint density at radius 3 is 2.63 bits per heavy atom. The third-order valence-electron chi connectivity index (χ3n) is 8.10. The number of piperazine rings is 1. The van der Waals surface area contributed by atoms with Gasteiger partial charge in [-0.25, -0.2) is 0 Å². The molecular formula is C25H33ClN2O2. The molecule has 5 rings (SSSR count). The molecule has 0 spiro atoms. The smallest absolute Gasteiger partial charge is 0.311 e. The summed E-state index contributed by atoms with van der Waals surface area (Å²) in [6.45, 7) is 9.50. The summed E-state index contributed by atoms with van der Waals surface area (Å²) in [6, 6.07) is 8.09. The van der Waals surface area contributed by atoms with Gasteiger partial charge in [0.15, 0.2) is 0 Å². The molecule has 5 atom stereocenters. The lowest BCUT2D eigenvalue weighted by Gasteiger charge is -2.46. The third-order valence-corrected chi connectivity index (χ3v) is 8.35. The lowest BCUT2D eigenvalue weighted by molar-refractivity contribution is -0.145. The van der Waals surface area contributed by atoms with E-state index in [4.69, 9.17) is 16.3 Å². The van der Waals surface area contributed by atoms with Crippen molar-refractivity contribution in [3.63, 3.8) is 0 Å². The van der Waals surface area contributed by atoms with Gasteiger partial charge in [-0.1, -0.05) is 43.5 Å². The Bertz CT molecular complexity index is 830. The second-order valence-electron chi connectivity index (χ2n) is 10.1. The maximum atomic E-state index is 12.8. The fourth-order valence-electron chi connectivity index (χ4n) is 6.38. The average Bonchev–Trinajstić information content (AvgIpc) is 3.01. The number of carbonyl (C=O) groups is 1. The molecule has 0 radical (unpaired) electrons. The molecule has 0 amide bonds. The van der Waals surface area contributed by atoms with E-state index in [0.29, 0.717) is 5.92 Å². The number of allylic oxidation sites excluding steroid dienone is 1. The van der Waals surface area contributed by atoms with Gasteiger partial charge in [0.25, 0.3) is 0 Å². The Labute approximate surface area is 185 Å². The Kier molecular flexibility index (Phi) is 5.35. The Balaban J connectivity index is 1.25. The first-order valence-electron chi connectivity index (χ1n) is 11.6. The molecule has 3 fully saturated rings. The number of halogens is 1. The van der Waals surface area contributed by atoms with Crippen LogP contribution in [-0.4, -0.2) is 49.7 Å². The number of benzene rings is 1. The van der Waals surface area contributed by atoms with Crippen molar-refractivity contribution < 1.29 is 9.53 Å². The van der Waals surface area contributed by atoms with Gasteiger partial charge in [0.05, 0.1) is 5.92 Å². The van der Waals surface area contributed by atoms with E-state index in [1.165, 1.54) is 24.9 Å². The van der Waals surface area contributed by atoms with Gasteiger partial charge in [0.2, 0.25) is 0 Å². The van der Waals surface area contributed by atoms with Crippen LogP contribution in [0.25, 0.3) is 0 Å². The van der Waals surface area contributed by atoms with Gasteiger partial charge < -0.3 is 9.64 Å². The van der Waals surface area contributed by atoms with Crippen LogP contribution in [0, 0.1) is 23.2 Å². The fraction of sp³-hybridized carbons (Fsp3) is 0.640. The van der Waals surface area contributed by atoms with Gasteiger partial charge in [-0.15, -0.1) is 0 Å². The predicted molar refractivity (Wildman–Crippen MR) is 121 cm³/mol. The zero-order valence-corrected chi connectivity index (χ0v) is 18.9. The van der Waals surface area contributed by atoms with Crippen LogP contribution in [-0.2, 0) is 9.53 Å². The number of esters is 1. The second kappa shape index (κ2) is 7.87. The minimum absolute atomic E-state index is 0.0109. The van der Waals surface area contributed by atoms with Crippen molar-refractivity contribution in [2.75, 3.05) is 37.6 Å². The summed E-state index contributed by atoms with van der Waals surface area (Å²) in [6.07, 6.45) is 7.38. The molecule has 5 heteroatoms. The molecule has 1 aromatic carbocycles.